The van der Waals surface area contributed by atoms with Crippen LogP contribution in [0.15, 0.2) is 90.5 Å². The zero-order chi connectivity index (χ0) is 21.8. The van der Waals surface area contributed by atoms with Crippen molar-refractivity contribution in [3.05, 3.63) is 96.1 Å². The molecule has 0 bridgehead atoms. The number of urea groups is 1. The highest BCUT2D eigenvalue weighted by molar-refractivity contribution is 6.46. The fourth-order valence-corrected chi connectivity index (χ4v) is 3.37. The van der Waals surface area contributed by atoms with Gasteiger partial charge in [0, 0.05) is 0 Å². The number of carbonyl (C=O) groups excluding carboxylic acids is 3. The van der Waals surface area contributed by atoms with Crippen molar-refractivity contribution in [2.24, 2.45) is 0 Å². The third-order valence-electron chi connectivity index (χ3n) is 4.76. The van der Waals surface area contributed by atoms with E-state index in [0.717, 1.165) is 9.80 Å². The minimum atomic E-state index is -0.715. The number of para-hydroxylation sites is 2. The van der Waals surface area contributed by atoms with Gasteiger partial charge in [0.25, 0.3) is 11.8 Å². The molecule has 1 aliphatic heterocycles. The maximum absolute atomic E-state index is 13.3. The van der Waals surface area contributed by atoms with Crippen LogP contribution in [-0.4, -0.2) is 24.5 Å². The lowest BCUT2D eigenvalue weighted by atomic mass is 10.0. The van der Waals surface area contributed by atoms with E-state index in [1.807, 2.05) is 6.92 Å². The Morgan fingerprint density at radius 1 is 0.742 bits per heavy atom. The lowest BCUT2D eigenvalue weighted by Crippen LogP contribution is -2.57. The predicted octanol–water partition coefficient (Wildman–Crippen LogP) is 4.67. The van der Waals surface area contributed by atoms with E-state index in [1.165, 1.54) is 6.08 Å². The number of carbonyl (C=O) groups is 3. The number of hydrogen-bond acceptors (Lipinski definition) is 4. The molecule has 154 valence electrons. The van der Waals surface area contributed by atoms with Crippen molar-refractivity contribution in [3.8, 4) is 5.75 Å². The molecular formula is C25H20N2O4. The number of hydrogen-bond donors (Lipinski definition) is 0. The van der Waals surface area contributed by atoms with Crippen molar-refractivity contribution < 1.29 is 19.1 Å². The molecule has 3 aromatic carbocycles. The van der Waals surface area contributed by atoms with Crippen LogP contribution in [-0.2, 0) is 9.59 Å². The van der Waals surface area contributed by atoms with Crippen LogP contribution in [0.5, 0.6) is 5.75 Å². The molecule has 6 nitrogen and oxygen atoms in total. The molecule has 1 fully saturated rings. The summed E-state index contributed by atoms with van der Waals surface area (Å²) >= 11 is 0. The largest absolute Gasteiger partial charge is 0.494 e. The van der Waals surface area contributed by atoms with Crippen LogP contribution >= 0.6 is 0 Å². The lowest BCUT2D eigenvalue weighted by Gasteiger charge is -2.33. The molecule has 0 aliphatic carbocycles. The van der Waals surface area contributed by atoms with Crippen LogP contribution in [0.25, 0.3) is 6.08 Å². The van der Waals surface area contributed by atoms with Gasteiger partial charge in [0.1, 0.15) is 11.3 Å². The summed E-state index contributed by atoms with van der Waals surface area (Å²) in [5.74, 6) is -0.714. The average Bonchev–Trinajstić information content (AvgIpc) is 2.79. The van der Waals surface area contributed by atoms with E-state index in [2.05, 4.69) is 0 Å². The standard InChI is InChI=1S/C25H20N2O4/c1-2-31-21-15-9-10-18(16-21)17-22-23(28)26(19-11-5-3-6-12-19)25(30)27(24(22)29)20-13-7-4-8-14-20/h3-17H,2H2,1H3. The summed E-state index contributed by atoms with van der Waals surface area (Å²) in [6.45, 7) is 2.37. The second-order valence-corrected chi connectivity index (χ2v) is 6.80. The Balaban J connectivity index is 1.83. The Kier molecular flexibility index (Phi) is 5.62. The number of barbiturate groups is 1. The first-order valence-corrected chi connectivity index (χ1v) is 9.87. The van der Waals surface area contributed by atoms with Gasteiger partial charge < -0.3 is 4.74 Å². The molecule has 0 saturated carbocycles. The topological polar surface area (TPSA) is 66.9 Å². The zero-order valence-corrected chi connectivity index (χ0v) is 16.9. The number of ether oxygens (including phenoxy) is 1. The molecule has 3 aromatic rings. The highest BCUT2D eigenvalue weighted by Crippen LogP contribution is 2.29. The molecular weight excluding hydrogens is 392 g/mol. The second-order valence-electron chi connectivity index (χ2n) is 6.80. The van der Waals surface area contributed by atoms with E-state index in [9.17, 15) is 14.4 Å². The monoisotopic (exact) mass is 412 g/mol. The summed E-state index contributed by atoms with van der Waals surface area (Å²) in [6.07, 6.45) is 1.49. The zero-order valence-electron chi connectivity index (χ0n) is 16.9. The Labute approximate surface area is 180 Å². The van der Waals surface area contributed by atoms with Gasteiger partial charge in [-0.3, -0.25) is 9.59 Å². The smallest absolute Gasteiger partial charge is 0.343 e. The summed E-state index contributed by atoms with van der Waals surface area (Å²) in [6, 6.07) is 23.5. The van der Waals surface area contributed by atoms with Crippen LogP contribution < -0.4 is 14.5 Å². The normalized spacial score (nSPS) is 14.1. The lowest BCUT2D eigenvalue weighted by molar-refractivity contribution is -0.121. The quantitative estimate of drug-likeness (QED) is 0.451. The minimum Gasteiger partial charge on any atom is -0.494 e. The van der Waals surface area contributed by atoms with E-state index >= 15 is 0 Å². The first-order chi connectivity index (χ1) is 15.1. The van der Waals surface area contributed by atoms with Crippen LogP contribution in [0.2, 0.25) is 0 Å². The molecule has 4 amide bonds. The minimum absolute atomic E-state index is 0.110. The van der Waals surface area contributed by atoms with Gasteiger partial charge in [-0.1, -0.05) is 48.5 Å². The second kappa shape index (κ2) is 8.67. The number of imide groups is 2. The molecule has 0 spiro atoms. The summed E-state index contributed by atoms with van der Waals surface area (Å²) in [7, 11) is 0. The molecule has 31 heavy (non-hydrogen) atoms. The Morgan fingerprint density at radius 2 is 1.29 bits per heavy atom. The first-order valence-electron chi connectivity index (χ1n) is 9.87. The van der Waals surface area contributed by atoms with E-state index in [-0.39, 0.29) is 5.57 Å². The van der Waals surface area contributed by atoms with Gasteiger partial charge in [-0.25, -0.2) is 14.6 Å². The molecule has 1 saturated heterocycles. The van der Waals surface area contributed by atoms with E-state index in [4.69, 9.17) is 4.74 Å². The third kappa shape index (κ3) is 3.96. The van der Waals surface area contributed by atoms with Crippen LogP contribution in [0.4, 0.5) is 16.2 Å². The van der Waals surface area contributed by atoms with E-state index in [1.54, 1.807) is 84.9 Å². The first kappa shape index (κ1) is 20.1. The molecule has 0 aromatic heterocycles. The van der Waals surface area contributed by atoms with Crippen molar-refractivity contribution in [3.63, 3.8) is 0 Å². The molecule has 0 atom stereocenters. The summed E-state index contributed by atoms with van der Waals surface area (Å²) in [4.78, 5) is 41.9. The van der Waals surface area contributed by atoms with Crippen molar-refractivity contribution in [1.29, 1.82) is 0 Å². The maximum Gasteiger partial charge on any atom is 0.343 e. The number of nitrogens with zero attached hydrogens (tertiary/aromatic N) is 2. The van der Waals surface area contributed by atoms with Crippen molar-refractivity contribution in [2.75, 3.05) is 16.4 Å². The summed E-state index contributed by atoms with van der Waals surface area (Å²) < 4.78 is 5.51. The van der Waals surface area contributed by atoms with Gasteiger partial charge in [-0.2, -0.15) is 0 Å². The van der Waals surface area contributed by atoms with Crippen LogP contribution in [0.3, 0.4) is 0 Å². The van der Waals surface area contributed by atoms with Gasteiger partial charge >= 0.3 is 6.03 Å². The molecule has 1 aliphatic rings. The number of rotatable bonds is 5. The average molecular weight is 412 g/mol. The number of amides is 4. The molecule has 4 rings (SSSR count). The van der Waals surface area contributed by atoms with E-state index < -0.39 is 17.8 Å². The molecule has 1 heterocycles. The molecule has 0 radical (unpaired) electrons. The van der Waals surface area contributed by atoms with Crippen molar-refractivity contribution in [1.82, 2.24) is 0 Å². The SMILES string of the molecule is CCOc1cccc(C=C2C(=O)N(c3ccccc3)C(=O)N(c3ccccc3)C2=O)c1. The number of benzene rings is 3. The van der Waals surface area contributed by atoms with Gasteiger partial charge in [-0.05, 0) is 55.0 Å². The Morgan fingerprint density at radius 3 is 1.81 bits per heavy atom. The molecule has 0 N–H and O–H groups in total. The van der Waals surface area contributed by atoms with Gasteiger partial charge in [0.2, 0.25) is 0 Å². The fourth-order valence-electron chi connectivity index (χ4n) is 3.37. The van der Waals surface area contributed by atoms with Crippen LogP contribution in [0, 0.1) is 0 Å². The van der Waals surface area contributed by atoms with Gasteiger partial charge in [0.15, 0.2) is 0 Å². The van der Waals surface area contributed by atoms with Crippen molar-refractivity contribution >= 4 is 35.3 Å². The molecule has 0 unspecified atom stereocenters. The highest BCUT2D eigenvalue weighted by atomic mass is 16.5. The molecule has 6 heteroatoms. The van der Waals surface area contributed by atoms with Gasteiger partial charge in [-0.15, -0.1) is 0 Å². The third-order valence-corrected chi connectivity index (χ3v) is 4.76. The maximum atomic E-state index is 13.3. The summed E-state index contributed by atoms with van der Waals surface area (Å²) in [5.41, 5.74) is 1.29. The summed E-state index contributed by atoms with van der Waals surface area (Å²) in [5, 5.41) is 0. The van der Waals surface area contributed by atoms with Gasteiger partial charge in [0.05, 0.1) is 18.0 Å². The Bertz CT molecular complexity index is 1090. The highest BCUT2D eigenvalue weighted by Gasteiger charge is 2.43. The van der Waals surface area contributed by atoms with Crippen molar-refractivity contribution in [2.45, 2.75) is 6.92 Å². The predicted molar refractivity (Wildman–Crippen MR) is 119 cm³/mol. The van der Waals surface area contributed by atoms with Crippen LogP contribution in [0.1, 0.15) is 12.5 Å². The van der Waals surface area contributed by atoms with E-state index in [0.29, 0.717) is 29.3 Å². The Hall–Kier alpha value is -4.19. The fraction of sp³-hybridized carbons (Fsp3) is 0.0800. The number of anilines is 2.